The van der Waals surface area contributed by atoms with Gasteiger partial charge in [-0.05, 0) is 48.6 Å². The SMILES string of the molecule is CCC[C@H](NC(=O)c1ccc2c(c1)CCCN2S(C)(=O)=O)c1ccccc1. The number of carbonyl (C=O) groups is 1. The average Bonchev–Trinajstić information content (AvgIpc) is 2.66. The van der Waals surface area contributed by atoms with Crippen molar-refractivity contribution in [3.8, 4) is 0 Å². The van der Waals surface area contributed by atoms with Crippen molar-refractivity contribution in [2.75, 3.05) is 17.1 Å². The van der Waals surface area contributed by atoms with E-state index in [1.807, 2.05) is 36.4 Å². The Hall–Kier alpha value is -2.34. The number of sulfonamides is 1. The Morgan fingerprint density at radius 3 is 2.59 bits per heavy atom. The zero-order chi connectivity index (χ0) is 19.4. The lowest BCUT2D eigenvalue weighted by Gasteiger charge is -2.29. The number of nitrogens with zero attached hydrogens (tertiary/aromatic N) is 1. The lowest BCUT2D eigenvalue weighted by molar-refractivity contribution is 0.0934. The quantitative estimate of drug-likeness (QED) is 0.824. The lowest BCUT2D eigenvalue weighted by atomic mass is 9.99. The van der Waals surface area contributed by atoms with E-state index in [0.717, 1.165) is 36.8 Å². The molecule has 0 radical (unpaired) electrons. The fourth-order valence-corrected chi connectivity index (χ4v) is 4.58. The summed E-state index contributed by atoms with van der Waals surface area (Å²) in [5.41, 5.74) is 3.26. The third-order valence-corrected chi connectivity index (χ3v) is 6.08. The van der Waals surface area contributed by atoms with Crippen molar-refractivity contribution in [2.24, 2.45) is 0 Å². The zero-order valence-corrected chi connectivity index (χ0v) is 16.6. The van der Waals surface area contributed by atoms with Crippen molar-refractivity contribution >= 4 is 21.6 Å². The van der Waals surface area contributed by atoms with Gasteiger partial charge in [-0.3, -0.25) is 9.10 Å². The minimum atomic E-state index is -3.30. The fourth-order valence-electron chi connectivity index (χ4n) is 3.59. The third-order valence-electron chi connectivity index (χ3n) is 4.90. The van der Waals surface area contributed by atoms with E-state index in [2.05, 4.69) is 12.2 Å². The topological polar surface area (TPSA) is 66.5 Å². The highest BCUT2D eigenvalue weighted by atomic mass is 32.2. The molecule has 0 unspecified atom stereocenters. The van der Waals surface area contributed by atoms with E-state index in [1.54, 1.807) is 12.1 Å². The first-order valence-electron chi connectivity index (χ1n) is 9.36. The van der Waals surface area contributed by atoms with Gasteiger partial charge >= 0.3 is 0 Å². The van der Waals surface area contributed by atoms with Crippen LogP contribution in [0.3, 0.4) is 0 Å². The van der Waals surface area contributed by atoms with E-state index in [-0.39, 0.29) is 11.9 Å². The van der Waals surface area contributed by atoms with Crippen LogP contribution in [-0.4, -0.2) is 27.1 Å². The zero-order valence-electron chi connectivity index (χ0n) is 15.8. The summed E-state index contributed by atoms with van der Waals surface area (Å²) in [6.45, 7) is 2.59. The summed E-state index contributed by atoms with van der Waals surface area (Å²) in [6, 6.07) is 15.2. The predicted molar refractivity (Wildman–Crippen MR) is 109 cm³/mol. The summed E-state index contributed by atoms with van der Waals surface area (Å²) < 4.78 is 25.4. The largest absolute Gasteiger partial charge is 0.345 e. The molecular formula is C21H26N2O3S. The van der Waals surface area contributed by atoms with Crippen molar-refractivity contribution in [2.45, 2.75) is 38.6 Å². The van der Waals surface area contributed by atoms with E-state index in [9.17, 15) is 13.2 Å². The van der Waals surface area contributed by atoms with Crippen LogP contribution < -0.4 is 9.62 Å². The highest BCUT2D eigenvalue weighted by Gasteiger charge is 2.25. The summed E-state index contributed by atoms with van der Waals surface area (Å²) in [5.74, 6) is -0.128. The number of benzene rings is 2. The van der Waals surface area contributed by atoms with E-state index in [4.69, 9.17) is 0 Å². The van der Waals surface area contributed by atoms with Crippen LogP contribution in [0.25, 0.3) is 0 Å². The maximum atomic E-state index is 12.8. The van der Waals surface area contributed by atoms with Gasteiger partial charge in [-0.15, -0.1) is 0 Å². The maximum absolute atomic E-state index is 12.8. The van der Waals surface area contributed by atoms with E-state index >= 15 is 0 Å². The number of hydrogen-bond acceptors (Lipinski definition) is 3. The molecule has 0 spiro atoms. The van der Waals surface area contributed by atoms with Gasteiger partial charge in [-0.2, -0.15) is 0 Å². The Morgan fingerprint density at radius 1 is 1.19 bits per heavy atom. The number of carbonyl (C=O) groups excluding carboxylic acids is 1. The molecule has 0 saturated carbocycles. The van der Waals surface area contributed by atoms with Gasteiger partial charge in [0.1, 0.15) is 0 Å². The van der Waals surface area contributed by atoms with Crippen molar-refractivity contribution in [1.29, 1.82) is 0 Å². The Morgan fingerprint density at radius 2 is 1.93 bits per heavy atom. The molecule has 0 fully saturated rings. The molecule has 0 saturated heterocycles. The van der Waals surface area contributed by atoms with Gasteiger partial charge in [0.15, 0.2) is 0 Å². The number of nitrogens with one attached hydrogen (secondary N) is 1. The predicted octanol–water partition coefficient (Wildman–Crippen LogP) is 3.67. The van der Waals surface area contributed by atoms with Crippen LogP contribution in [0.15, 0.2) is 48.5 Å². The van der Waals surface area contributed by atoms with E-state index in [1.165, 1.54) is 10.6 Å². The Kier molecular flexibility index (Phi) is 5.85. The number of hydrogen-bond donors (Lipinski definition) is 1. The third kappa shape index (κ3) is 4.50. The smallest absolute Gasteiger partial charge is 0.251 e. The van der Waals surface area contributed by atoms with Crippen LogP contribution in [0.2, 0.25) is 0 Å². The number of fused-ring (bicyclic) bond motifs is 1. The van der Waals surface area contributed by atoms with Gasteiger partial charge in [-0.1, -0.05) is 43.7 Å². The van der Waals surface area contributed by atoms with E-state index < -0.39 is 10.0 Å². The molecule has 0 aromatic heterocycles. The van der Waals surface area contributed by atoms with Crippen molar-refractivity contribution in [1.82, 2.24) is 5.32 Å². The molecule has 1 aliphatic heterocycles. The molecule has 3 rings (SSSR count). The Labute approximate surface area is 161 Å². The standard InChI is InChI=1S/C21H26N2O3S/c1-3-8-19(16-9-5-4-6-10-16)22-21(24)18-12-13-20-17(15-18)11-7-14-23(20)27(2,25)26/h4-6,9-10,12-13,15,19H,3,7-8,11,14H2,1-2H3,(H,22,24)/t19-/m0/s1. The average molecular weight is 387 g/mol. The molecule has 2 aromatic carbocycles. The van der Waals surface area contributed by atoms with Gasteiger partial charge in [0.2, 0.25) is 10.0 Å². The molecular weight excluding hydrogens is 360 g/mol. The van der Waals surface area contributed by atoms with Crippen LogP contribution in [-0.2, 0) is 16.4 Å². The number of rotatable bonds is 6. The fraction of sp³-hybridized carbons (Fsp3) is 0.381. The van der Waals surface area contributed by atoms with Gasteiger partial charge in [0.25, 0.3) is 5.91 Å². The molecule has 1 amide bonds. The first-order valence-corrected chi connectivity index (χ1v) is 11.2. The van der Waals surface area contributed by atoms with E-state index in [0.29, 0.717) is 17.8 Å². The molecule has 5 nitrogen and oxygen atoms in total. The second-order valence-electron chi connectivity index (χ2n) is 7.01. The first-order chi connectivity index (χ1) is 12.9. The van der Waals surface area contributed by atoms with Crippen molar-refractivity contribution in [3.05, 3.63) is 65.2 Å². The molecule has 1 N–H and O–H groups in total. The maximum Gasteiger partial charge on any atom is 0.251 e. The van der Waals surface area contributed by atoms with Crippen LogP contribution in [0.4, 0.5) is 5.69 Å². The molecule has 27 heavy (non-hydrogen) atoms. The summed E-state index contributed by atoms with van der Waals surface area (Å²) in [4.78, 5) is 12.8. The highest BCUT2D eigenvalue weighted by Crippen LogP contribution is 2.30. The monoisotopic (exact) mass is 386 g/mol. The van der Waals surface area contributed by atoms with Crippen molar-refractivity contribution in [3.63, 3.8) is 0 Å². The number of aryl methyl sites for hydroxylation is 1. The number of amides is 1. The van der Waals surface area contributed by atoms with Crippen molar-refractivity contribution < 1.29 is 13.2 Å². The Bertz CT molecular complexity index is 910. The van der Waals surface area contributed by atoms with Gasteiger partial charge in [0.05, 0.1) is 18.0 Å². The molecule has 144 valence electrons. The minimum absolute atomic E-state index is 0.0350. The van der Waals surface area contributed by atoms with Gasteiger partial charge in [0, 0.05) is 12.1 Å². The van der Waals surface area contributed by atoms with Gasteiger partial charge < -0.3 is 5.32 Å². The second kappa shape index (κ2) is 8.13. The van der Waals surface area contributed by atoms with Crippen LogP contribution in [0.1, 0.15) is 53.7 Å². The molecule has 1 atom stereocenters. The molecule has 1 aliphatic rings. The lowest BCUT2D eigenvalue weighted by Crippen LogP contribution is -2.35. The summed E-state index contributed by atoms with van der Waals surface area (Å²) in [6.07, 6.45) is 4.58. The normalized spacial score (nSPS) is 15.1. The van der Waals surface area contributed by atoms with Crippen LogP contribution in [0.5, 0.6) is 0 Å². The van der Waals surface area contributed by atoms with Crippen LogP contribution in [0, 0.1) is 0 Å². The summed E-state index contributed by atoms with van der Waals surface area (Å²) in [7, 11) is -3.30. The molecule has 0 aliphatic carbocycles. The molecule has 0 bridgehead atoms. The molecule has 6 heteroatoms. The molecule has 2 aromatic rings. The highest BCUT2D eigenvalue weighted by molar-refractivity contribution is 7.92. The first kappa shape index (κ1) is 19.4. The summed E-state index contributed by atoms with van der Waals surface area (Å²) >= 11 is 0. The second-order valence-corrected chi connectivity index (χ2v) is 8.91. The number of anilines is 1. The van der Waals surface area contributed by atoms with Gasteiger partial charge in [-0.25, -0.2) is 8.42 Å². The molecule has 1 heterocycles. The van der Waals surface area contributed by atoms with Crippen LogP contribution >= 0.6 is 0 Å². The minimum Gasteiger partial charge on any atom is -0.345 e. The summed E-state index contributed by atoms with van der Waals surface area (Å²) in [5, 5.41) is 3.13. The Balaban J connectivity index is 1.83.